The van der Waals surface area contributed by atoms with Crippen LogP contribution in [0.25, 0.3) is 17.1 Å². The Morgan fingerprint density at radius 3 is 2.63 bits per heavy atom. The third kappa shape index (κ3) is 4.63. The fourth-order valence-electron chi connectivity index (χ4n) is 4.37. The molecule has 5 atom stereocenters. The summed E-state index contributed by atoms with van der Waals surface area (Å²) in [5.41, 5.74) is -0.837. The van der Waals surface area contributed by atoms with E-state index in [-0.39, 0.29) is 27.2 Å². The molecule has 38 heavy (non-hydrogen) atoms. The lowest BCUT2D eigenvalue weighted by Gasteiger charge is -2.41. The second-order valence-electron chi connectivity index (χ2n) is 8.50. The van der Waals surface area contributed by atoms with Gasteiger partial charge in [-0.25, -0.2) is 4.68 Å². The van der Waals surface area contributed by atoms with Crippen LogP contribution in [0.15, 0.2) is 34.6 Å². The number of ether oxygens (including phenoxy) is 1. The predicted molar refractivity (Wildman–Crippen MR) is 126 cm³/mol. The zero-order chi connectivity index (χ0) is 27.4. The van der Waals surface area contributed by atoms with Gasteiger partial charge in [0.05, 0.1) is 29.7 Å². The number of aliphatic hydroxyl groups excluding tert-OH is 3. The van der Waals surface area contributed by atoms with E-state index in [9.17, 15) is 33.3 Å². The molecule has 3 aromatic heterocycles. The second-order valence-corrected chi connectivity index (χ2v) is 9.77. The number of aromatic nitrogens is 7. The van der Waals surface area contributed by atoms with Crippen LogP contribution >= 0.6 is 22.9 Å². The van der Waals surface area contributed by atoms with E-state index in [1.54, 1.807) is 0 Å². The summed E-state index contributed by atoms with van der Waals surface area (Å²) in [6.07, 6.45) is -9.28. The number of aryl methyl sites for hydroxylation is 1. The molecule has 5 rings (SSSR count). The number of aliphatic hydroxyl groups is 3. The van der Waals surface area contributed by atoms with E-state index < -0.39 is 54.5 Å². The van der Waals surface area contributed by atoms with Crippen LogP contribution in [0.2, 0.25) is 5.02 Å². The van der Waals surface area contributed by atoms with Gasteiger partial charge in [-0.15, -0.1) is 15.3 Å². The number of benzene rings is 1. The van der Waals surface area contributed by atoms with Gasteiger partial charge in [0, 0.05) is 10.4 Å². The van der Waals surface area contributed by atoms with Crippen molar-refractivity contribution in [3.05, 3.63) is 61.7 Å². The molecule has 4 N–H and O–H groups in total. The molecule has 1 aliphatic rings. The van der Waals surface area contributed by atoms with Gasteiger partial charge in [-0.2, -0.15) is 13.2 Å². The number of alkyl halides is 3. The second kappa shape index (κ2) is 9.87. The molecule has 1 saturated heterocycles. The largest absolute Gasteiger partial charge is 0.418 e. The number of nitrogens with one attached hydrogen (secondary N) is 1. The quantitative estimate of drug-likeness (QED) is 0.278. The summed E-state index contributed by atoms with van der Waals surface area (Å²) in [6.45, 7) is 0.715. The maximum absolute atomic E-state index is 13.9. The standard InChI is InChI=1S/C21H19ClF3N7O5S/c1-8-27-29-19(32(8)13-4-9(22)2-3-10(13)21(23,24)25)18-17(35)15(16(34)14(6-33)37-18)31-5-11(28-30-31)12-7-38-20(36)26-12/h2-5,7,14-18,33-35H,6H2,1H3,(H,26,36)/t14?,15-,16-,17?,18+/m0/s1. The van der Waals surface area contributed by atoms with Gasteiger partial charge in [-0.3, -0.25) is 9.36 Å². The highest BCUT2D eigenvalue weighted by atomic mass is 35.5. The first-order valence-corrected chi connectivity index (χ1v) is 12.3. The van der Waals surface area contributed by atoms with Gasteiger partial charge in [0.15, 0.2) is 5.82 Å². The fraction of sp³-hybridized carbons (Fsp3) is 0.381. The molecule has 12 nitrogen and oxygen atoms in total. The first-order chi connectivity index (χ1) is 18.0. The highest BCUT2D eigenvalue weighted by Crippen LogP contribution is 2.41. The minimum atomic E-state index is -4.76. The molecule has 0 bridgehead atoms. The highest BCUT2D eigenvalue weighted by Gasteiger charge is 2.49. The van der Waals surface area contributed by atoms with Crippen LogP contribution in [0.5, 0.6) is 0 Å². The smallest absolute Gasteiger partial charge is 0.394 e. The summed E-state index contributed by atoms with van der Waals surface area (Å²) in [7, 11) is 0. The van der Waals surface area contributed by atoms with Crippen LogP contribution in [-0.4, -0.2) is 75.0 Å². The van der Waals surface area contributed by atoms with Crippen LogP contribution in [-0.2, 0) is 10.9 Å². The Bertz CT molecular complexity index is 1520. The third-order valence-corrected chi connectivity index (χ3v) is 7.02. The van der Waals surface area contributed by atoms with Crippen molar-refractivity contribution in [1.82, 2.24) is 34.7 Å². The van der Waals surface area contributed by atoms with Crippen molar-refractivity contribution in [2.24, 2.45) is 0 Å². The molecule has 0 aliphatic carbocycles. The van der Waals surface area contributed by atoms with E-state index in [4.69, 9.17) is 16.3 Å². The normalized spacial score (nSPS) is 24.2. The highest BCUT2D eigenvalue weighted by molar-refractivity contribution is 7.07. The van der Waals surface area contributed by atoms with Gasteiger partial charge in [0.1, 0.15) is 42.0 Å². The van der Waals surface area contributed by atoms with Crippen molar-refractivity contribution in [2.45, 2.75) is 43.6 Å². The van der Waals surface area contributed by atoms with Crippen LogP contribution in [0.1, 0.15) is 29.4 Å². The molecular weight excluding hydrogens is 555 g/mol. The molecule has 2 unspecified atom stereocenters. The summed E-state index contributed by atoms with van der Waals surface area (Å²) < 4.78 is 49.5. The van der Waals surface area contributed by atoms with Gasteiger partial charge in [0.25, 0.3) is 0 Å². The number of hydrogen-bond acceptors (Lipinski definition) is 10. The number of nitrogens with zero attached hydrogens (tertiary/aromatic N) is 6. The van der Waals surface area contributed by atoms with Gasteiger partial charge in [-0.05, 0) is 25.1 Å². The first-order valence-electron chi connectivity index (χ1n) is 11.0. The number of hydrogen-bond donors (Lipinski definition) is 4. The zero-order valence-corrected chi connectivity index (χ0v) is 20.8. The van der Waals surface area contributed by atoms with E-state index in [1.807, 2.05) is 0 Å². The molecule has 0 saturated carbocycles. The van der Waals surface area contributed by atoms with Crippen LogP contribution in [0, 0.1) is 6.92 Å². The lowest BCUT2D eigenvalue weighted by Crippen LogP contribution is -2.53. The average Bonchev–Trinajstić information content (AvgIpc) is 3.59. The number of thiazole rings is 1. The number of halogens is 4. The summed E-state index contributed by atoms with van der Waals surface area (Å²) in [4.78, 5) is 13.8. The Morgan fingerprint density at radius 1 is 1.21 bits per heavy atom. The molecule has 4 heterocycles. The van der Waals surface area contributed by atoms with Crippen molar-refractivity contribution in [2.75, 3.05) is 6.61 Å². The molecule has 0 radical (unpaired) electrons. The van der Waals surface area contributed by atoms with Crippen LogP contribution in [0.4, 0.5) is 13.2 Å². The Balaban J connectivity index is 1.59. The summed E-state index contributed by atoms with van der Waals surface area (Å²) in [5, 5.41) is 49.4. The first kappa shape index (κ1) is 26.5. The average molecular weight is 574 g/mol. The van der Waals surface area contributed by atoms with Gasteiger partial charge >= 0.3 is 11.0 Å². The summed E-state index contributed by atoms with van der Waals surface area (Å²) >= 11 is 6.92. The maximum Gasteiger partial charge on any atom is 0.418 e. The Morgan fingerprint density at radius 2 is 1.97 bits per heavy atom. The van der Waals surface area contributed by atoms with Crippen molar-refractivity contribution >= 4 is 22.9 Å². The molecule has 202 valence electrons. The van der Waals surface area contributed by atoms with E-state index in [0.29, 0.717) is 5.69 Å². The van der Waals surface area contributed by atoms with Crippen LogP contribution < -0.4 is 4.87 Å². The Kier molecular flexibility index (Phi) is 6.87. The topological polar surface area (TPSA) is 164 Å². The molecule has 1 aromatic carbocycles. The van der Waals surface area contributed by atoms with Crippen molar-refractivity contribution in [1.29, 1.82) is 0 Å². The molecule has 0 spiro atoms. The van der Waals surface area contributed by atoms with Crippen LogP contribution in [0.3, 0.4) is 0 Å². The minimum Gasteiger partial charge on any atom is -0.394 e. The van der Waals surface area contributed by atoms with Gasteiger partial charge in [-0.1, -0.05) is 28.2 Å². The third-order valence-electron chi connectivity index (χ3n) is 6.11. The molecule has 0 amide bonds. The SMILES string of the molecule is Cc1nnc([C@@H]2OC(CO)[C@H](O)[C@H](n3cc(-c4csc(=O)[nH]4)nn3)C2O)n1-c1cc(Cl)ccc1C(F)(F)F. The summed E-state index contributed by atoms with van der Waals surface area (Å²) in [5.74, 6) is -0.183. The van der Waals surface area contributed by atoms with Crippen molar-refractivity contribution < 1.29 is 33.2 Å². The Labute approximate surface area is 219 Å². The van der Waals surface area contributed by atoms with E-state index in [2.05, 4.69) is 25.5 Å². The van der Waals surface area contributed by atoms with Gasteiger partial charge in [0.2, 0.25) is 0 Å². The van der Waals surface area contributed by atoms with E-state index in [0.717, 1.165) is 38.8 Å². The predicted octanol–water partition coefficient (Wildman–Crippen LogP) is 1.65. The maximum atomic E-state index is 13.9. The van der Waals surface area contributed by atoms with Crippen molar-refractivity contribution in [3.63, 3.8) is 0 Å². The molecular formula is C21H19ClF3N7O5S. The zero-order valence-electron chi connectivity index (χ0n) is 19.2. The minimum absolute atomic E-state index is 0.0142. The number of H-pyrrole nitrogens is 1. The lowest BCUT2D eigenvalue weighted by molar-refractivity contribution is -0.210. The summed E-state index contributed by atoms with van der Waals surface area (Å²) in [6, 6.07) is 1.72. The molecule has 17 heteroatoms. The van der Waals surface area contributed by atoms with E-state index >= 15 is 0 Å². The number of aromatic amines is 1. The lowest BCUT2D eigenvalue weighted by atomic mass is 9.92. The monoisotopic (exact) mass is 573 g/mol. The molecule has 1 fully saturated rings. The van der Waals surface area contributed by atoms with Crippen molar-refractivity contribution in [3.8, 4) is 17.1 Å². The molecule has 1 aliphatic heterocycles. The Hall–Kier alpha value is -3.15. The number of rotatable bonds is 5. The van der Waals surface area contributed by atoms with E-state index in [1.165, 1.54) is 18.5 Å². The van der Waals surface area contributed by atoms with Gasteiger partial charge < -0.3 is 25.0 Å². The molecule has 4 aromatic rings. The fourth-order valence-corrected chi connectivity index (χ4v) is 5.11.